The first-order valence-electron chi connectivity index (χ1n) is 9.09. The fourth-order valence-electron chi connectivity index (χ4n) is 2.85. The second-order valence-electron chi connectivity index (χ2n) is 6.75. The van der Waals surface area contributed by atoms with E-state index >= 15 is 0 Å². The van der Waals surface area contributed by atoms with Gasteiger partial charge in [-0.1, -0.05) is 12.1 Å². The summed E-state index contributed by atoms with van der Waals surface area (Å²) in [5.74, 6) is 0.0771. The number of amides is 1. The first-order valence-corrected chi connectivity index (χ1v) is 9.09. The largest absolute Gasteiger partial charge is 0.486 e. The highest BCUT2D eigenvalue weighted by Gasteiger charge is 2.18. The van der Waals surface area contributed by atoms with Gasteiger partial charge in [-0.05, 0) is 68.2 Å². The van der Waals surface area contributed by atoms with E-state index in [0.717, 1.165) is 5.56 Å². The molecule has 0 saturated heterocycles. The SMILES string of the molecule is CN(C)C(CNC(=O)c1ccc(COc2ccc(F)cc2)o1)c1cccc(F)c1. The Hall–Kier alpha value is -3.19. The van der Waals surface area contributed by atoms with Crippen molar-refractivity contribution in [3.05, 3.63) is 89.4 Å². The predicted octanol–water partition coefficient (Wildman–Crippen LogP) is 4.17. The van der Waals surface area contributed by atoms with Crippen LogP contribution in [0.2, 0.25) is 0 Å². The molecular weight excluding hydrogens is 378 g/mol. The lowest BCUT2D eigenvalue weighted by Gasteiger charge is -2.25. The van der Waals surface area contributed by atoms with Crippen LogP contribution in [0.3, 0.4) is 0 Å². The summed E-state index contributed by atoms with van der Waals surface area (Å²) in [5.41, 5.74) is 0.767. The number of likely N-dealkylation sites (N-methyl/N-ethyl adjacent to an activating group) is 1. The van der Waals surface area contributed by atoms with Crippen LogP contribution in [0, 0.1) is 11.6 Å². The maximum atomic E-state index is 13.5. The summed E-state index contributed by atoms with van der Waals surface area (Å²) in [6.45, 7) is 0.403. The quantitative estimate of drug-likeness (QED) is 0.617. The zero-order chi connectivity index (χ0) is 20.8. The lowest BCUT2D eigenvalue weighted by molar-refractivity contribution is 0.0910. The molecule has 0 fully saturated rings. The number of halogens is 2. The van der Waals surface area contributed by atoms with E-state index in [9.17, 15) is 13.6 Å². The van der Waals surface area contributed by atoms with Gasteiger partial charge in [-0.15, -0.1) is 0 Å². The smallest absolute Gasteiger partial charge is 0.287 e. The highest BCUT2D eigenvalue weighted by Crippen LogP contribution is 2.19. The Morgan fingerprint density at radius 3 is 2.52 bits per heavy atom. The van der Waals surface area contributed by atoms with Crippen LogP contribution in [-0.2, 0) is 6.61 Å². The molecule has 1 N–H and O–H groups in total. The molecule has 152 valence electrons. The van der Waals surface area contributed by atoms with Gasteiger partial charge < -0.3 is 19.4 Å². The number of furan rings is 1. The lowest BCUT2D eigenvalue weighted by atomic mass is 10.1. The summed E-state index contributed by atoms with van der Waals surface area (Å²) < 4.78 is 37.5. The zero-order valence-corrected chi connectivity index (χ0v) is 16.2. The van der Waals surface area contributed by atoms with Crippen LogP contribution in [0.5, 0.6) is 5.75 Å². The number of hydrogen-bond donors (Lipinski definition) is 1. The molecule has 1 heterocycles. The van der Waals surface area contributed by atoms with Gasteiger partial charge >= 0.3 is 0 Å². The maximum Gasteiger partial charge on any atom is 0.287 e. The molecule has 0 saturated carbocycles. The molecule has 0 aliphatic rings. The topological polar surface area (TPSA) is 54.7 Å². The van der Waals surface area contributed by atoms with Crippen molar-refractivity contribution in [1.29, 1.82) is 0 Å². The highest BCUT2D eigenvalue weighted by molar-refractivity contribution is 5.91. The van der Waals surface area contributed by atoms with Crippen molar-refractivity contribution in [2.75, 3.05) is 20.6 Å². The van der Waals surface area contributed by atoms with E-state index in [1.165, 1.54) is 36.4 Å². The first kappa shape index (κ1) is 20.5. The molecule has 1 unspecified atom stereocenters. The van der Waals surface area contributed by atoms with Crippen molar-refractivity contribution >= 4 is 5.91 Å². The van der Waals surface area contributed by atoms with Crippen molar-refractivity contribution in [2.45, 2.75) is 12.6 Å². The average Bonchev–Trinajstić information content (AvgIpc) is 3.16. The Morgan fingerprint density at radius 1 is 1.07 bits per heavy atom. The number of rotatable bonds is 8. The molecular formula is C22H22F2N2O3. The molecule has 0 aliphatic carbocycles. The normalized spacial score (nSPS) is 12.0. The van der Waals surface area contributed by atoms with Gasteiger partial charge in [0.05, 0.1) is 6.04 Å². The molecule has 2 aromatic carbocycles. The lowest BCUT2D eigenvalue weighted by Crippen LogP contribution is -2.34. The van der Waals surface area contributed by atoms with Crippen molar-refractivity contribution in [1.82, 2.24) is 10.2 Å². The van der Waals surface area contributed by atoms with Crippen LogP contribution in [0.25, 0.3) is 0 Å². The number of ether oxygens (including phenoxy) is 1. The van der Waals surface area contributed by atoms with Crippen LogP contribution < -0.4 is 10.1 Å². The van der Waals surface area contributed by atoms with Crippen molar-refractivity contribution < 1.29 is 22.7 Å². The van der Waals surface area contributed by atoms with Gasteiger partial charge in [0.15, 0.2) is 5.76 Å². The van der Waals surface area contributed by atoms with E-state index in [-0.39, 0.29) is 42.5 Å². The molecule has 1 aromatic heterocycles. The molecule has 0 radical (unpaired) electrons. The van der Waals surface area contributed by atoms with Gasteiger partial charge in [0.25, 0.3) is 5.91 Å². The number of carbonyl (C=O) groups is 1. The molecule has 1 amide bonds. The van der Waals surface area contributed by atoms with Crippen LogP contribution in [-0.4, -0.2) is 31.4 Å². The molecule has 5 nitrogen and oxygen atoms in total. The van der Waals surface area contributed by atoms with Gasteiger partial charge in [0.2, 0.25) is 0 Å². The van der Waals surface area contributed by atoms with E-state index in [1.54, 1.807) is 18.2 Å². The van der Waals surface area contributed by atoms with E-state index in [0.29, 0.717) is 11.5 Å². The van der Waals surface area contributed by atoms with Gasteiger partial charge in [0.1, 0.15) is 29.8 Å². The van der Waals surface area contributed by atoms with Gasteiger partial charge in [-0.3, -0.25) is 4.79 Å². The molecule has 0 spiro atoms. The molecule has 0 aliphatic heterocycles. The minimum atomic E-state index is -0.374. The highest BCUT2D eigenvalue weighted by atomic mass is 19.1. The van der Waals surface area contributed by atoms with Gasteiger partial charge in [-0.2, -0.15) is 0 Å². The Balaban J connectivity index is 1.57. The summed E-state index contributed by atoms with van der Waals surface area (Å²) in [6, 6.07) is 14.9. The van der Waals surface area contributed by atoms with Crippen LogP contribution >= 0.6 is 0 Å². The molecule has 0 bridgehead atoms. The third kappa shape index (κ3) is 5.65. The number of hydrogen-bond acceptors (Lipinski definition) is 4. The molecule has 3 aromatic rings. The predicted molar refractivity (Wildman–Crippen MR) is 105 cm³/mol. The third-order valence-corrected chi connectivity index (χ3v) is 4.39. The fraction of sp³-hybridized carbons (Fsp3) is 0.227. The molecule has 3 rings (SSSR count). The standard InChI is InChI=1S/C22H22F2N2O3/c1-26(2)20(15-4-3-5-17(24)12-15)13-25-22(27)21-11-10-19(29-21)14-28-18-8-6-16(23)7-9-18/h3-12,20H,13-14H2,1-2H3,(H,25,27). The third-order valence-electron chi connectivity index (χ3n) is 4.39. The monoisotopic (exact) mass is 400 g/mol. The number of carbonyl (C=O) groups excluding carboxylic acids is 1. The maximum absolute atomic E-state index is 13.5. The van der Waals surface area contributed by atoms with Crippen LogP contribution in [0.4, 0.5) is 8.78 Å². The summed E-state index contributed by atoms with van der Waals surface area (Å²) in [4.78, 5) is 14.3. The second-order valence-corrected chi connectivity index (χ2v) is 6.75. The number of nitrogens with one attached hydrogen (secondary N) is 1. The fourth-order valence-corrected chi connectivity index (χ4v) is 2.85. The zero-order valence-electron chi connectivity index (χ0n) is 16.2. The summed E-state index contributed by atoms with van der Waals surface area (Å²) >= 11 is 0. The Bertz CT molecular complexity index is 955. The Labute approximate surface area is 167 Å². The van der Waals surface area contributed by atoms with Crippen molar-refractivity contribution in [3.63, 3.8) is 0 Å². The summed E-state index contributed by atoms with van der Waals surface area (Å²) in [6.07, 6.45) is 0. The van der Waals surface area contributed by atoms with Crippen LogP contribution in [0.1, 0.15) is 27.9 Å². The number of nitrogens with zero attached hydrogens (tertiary/aromatic N) is 1. The summed E-state index contributed by atoms with van der Waals surface area (Å²) in [5, 5.41) is 2.81. The van der Waals surface area contributed by atoms with Gasteiger partial charge in [-0.25, -0.2) is 8.78 Å². The summed E-state index contributed by atoms with van der Waals surface area (Å²) in [7, 11) is 3.72. The van der Waals surface area contributed by atoms with E-state index < -0.39 is 0 Å². The number of benzene rings is 2. The van der Waals surface area contributed by atoms with Crippen molar-refractivity contribution in [2.24, 2.45) is 0 Å². The average molecular weight is 400 g/mol. The Morgan fingerprint density at radius 2 is 1.83 bits per heavy atom. The van der Waals surface area contributed by atoms with E-state index in [2.05, 4.69) is 5.32 Å². The molecule has 7 heteroatoms. The van der Waals surface area contributed by atoms with E-state index in [4.69, 9.17) is 9.15 Å². The molecule has 29 heavy (non-hydrogen) atoms. The first-order chi connectivity index (χ1) is 13.9. The van der Waals surface area contributed by atoms with E-state index in [1.807, 2.05) is 25.1 Å². The second kappa shape index (κ2) is 9.34. The van der Waals surface area contributed by atoms with Gasteiger partial charge in [0, 0.05) is 6.54 Å². The van der Waals surface area contributed by atoms with Crippen LogP contribution in [0.15, 0.2) is 65.1 Å². The minimum Gasteiger partial charge on any atom is -0.486 e. The minimum absolute atomic E-state index is 0.114. The molecule has 1 atom stereocenters. The van der Waals surface area contributed by atoms with Crippen molar-refractivity contribution in [3.8, 4) is 5.75 Å². The Kier molecular flexibility index (Phi) is 6.61.